The van der Waals surface area contributed by atoms with Crippen LogP contribution < -0.4 is 5.32 Å². The van der Waals surface area contributed by atoms with Gasteiger partial charge in [-0.25, -0.2) is 12.8 Å². The van der Waals surface area contributed by atoms with Gasteiger partial charge >= 0.3 is 0 Å². The van der Waals surface area contributed by atoms with Gasteiger partial charge in [0.25, 0.3) is 0 Å². The van der Waals surface area contributed by atoms with E-state index in [9.17, 15) is 17.6 Å². The van der Waals surface area contributed by atoms with Crippen LogP contribution in [0.15, 0.2) is 18.2 Å². The van der Waals surface area contributed by atoms with Crippen LogP contribution in [0.5, 0.6) is 0 Å². The molecule has 1 aromatic rings. The predicted molar refractivity (Wildman–Crippen MR) is 94.8 cm³/mol. The molecule has 0 unspecified atom stereocenters. The summed E-state index contributed by atoms with van der Waals surface area (Å²) in [7, 11) is -2.87. The van der Waals surface area contributed by atoms with Crippen LogP contribution in [-0.4, -0.2) is 74.4 Å². The van der Waals surface area contributed by atoms with E-state index in [2.05, 4.69) is 10.2 Å². The first-order valence-electron chi connectivity index (χ1n) is 8.55. The zero-order chi connectivity index (χ0) is 18.0. The van der Waals surface area contributed by atoms with E-state index in [1.165, 1.54) is 6.07 Å². The van der Waals surface area contributed by atoms with Crippen LogP contribution >= 0.6 is 0 Å². The van der Waals surface area contributed by atoms with Gasteiger partial charge < -0.3 is 5.32 Å². The Morgan fingerprint density at radius 1 is 1.28 bits per heavy atom. The number of carbonyl (C=O) groups is 1. The summed E-state index contributed by atoms with van der Waals surface area (Å²) in [6, 6.07) is 4.83. The van der Waals surface area contributed by atoms with Gasteiger partial charge in [-0.2, -0.15) is 0 Å². The van der Waals surface area contributed by atoms with Gasteiger partial charge in [0.15, 0.2) is 9.84 Å². The van der Waals surface area contributed by atoms with E-state index in [0.29, 0.717) is 19.5 Å². The molecule has 2 saturated heterocycles. The number of rotatable bonds is 4. The summed E-state index contributed by atoms with van der Waals surface area (Å²) >= 11 is 0. The standard InChI is InChI=1S/C17H24FN3O3S/c1-13-2-3-16(15(18)10-13)19-17(22)11-20-5-7-21(8-6-20)14-4-9-25(23,24)12-14/h2-3,10,14H,4-9,11-12H2,1H3,(H,19,22)/t14-/m1/s1. The zero-order valence-electron chi connectivity index (χ0n) is 14.4. The molecule has 8 heteroatoms. The first-order valence-corrected chi connectivity index (χ1v) is 10.4. The number of anilines is 1. The van der Waals surface area contributed by atoms with E-state index < -0.39 is 15.7 Å². The van der Waals surface area contributed by atoms with Crippen molar-refractivity contribution in [3.05, 3.63) is 29.6 Å². The van der Waals surface area contributed by atoms with Crippen LogP contribution in [0, 0.1) is 12.7 Å². The number of hydrogen-bond acceptors (Lipinski definition) is 5. The number of aryl methyl sites for hydroxylation is 1. The summed E-state index contributed by atoms with van der Waals surface area (Å²) in [6.07, 6.45) is 0.704. The molecule has 1 amide bonds. The maximum Gasteiger partial charge on any atom is 0.238 e. The zero-order valence-corrected chi connectivity index (χ0v) is 15.2. The molecular formula is C17H24FN3O3S. The van der Waals surface area contributed by atoms with Crippen LogP contribution in [0.3, 0.4) is 0 Å². The van der Waals surface area contributed by atoms with Crippen molar-refractivity contribution in [3.8, 4) is 0 Å². The molecule has 0 saturated carbocycles. The molecule has 0 bridgehead atoms. The molecule has 1 atom stereocenters. The topological polar surface area (TPSA) is 69.7 Å². The van der Waals surface area contributed by atoms with Crippen molar-refractivity contribution < 1.29 is 17.6 Å². The lowest BCUT2D eigenvalue weighted by Gasteiger charge is -2.37. The third-order valence-corrected chi connectivity index (χ3v) is 6.65. The lowest BCUT2D eigenvalue weighted by molar-refractivity contribution is -0.117. The quantitative estimate of drug-likeness (QED) is 0.853. The highest BCUT2D eigenvalue weighted by Crippen LogP contribution is 2.19. The third-order valence-electron chi connectivity index (χ3n) is 4.90. The van der Waals surface area contributed by atoms with Crippen molar-refractivity contribution in [1.29, 1.82) is 0 Å². The van der Waals surface area contributed by atoms with Crippen LogP contribution in [0.2, 0.25) is 0 Å². The number of amides is 1. The molecule has 0 aromatic heterocycles. The summed E-state index contributed by atoms with van der Waals surface area (Å²) in [5.74, 6) is -0.136. The molecule has 0 aliphatic carbocycles. The normalized spacial score (nSPS) is 24.3. The van der Waals surface area contributed by atoms with Gasteiger partial charge in [0.1, 0.15) is 5.82 Å². The Labute approximate surface area is 147 Å². The molecule has 3 rings (SSSR count). The molecule has 0 radical (unpaired) electrons. The monoisotopic (exact) mass is 369 g/mol. The smallest absolute Gasteiger partial charge is 0.238 e. The number of hydrogen-bond donors (Lipinski definition) is 1. The van der Waals surface area contributed by atoms with Crippen molar-refractivity contribution >= 4 is 21.4 Å². The fourth-order valence-electron chi connectivity index (χ4n) is 3.46. The molecular weight excluding hydrogens is 345 g/mol. The number of piperazine rings is 1. The van der Waals surface area contributed by atoms with Crippen LogP contribution in [0.4, 0.5) is 10.1 Å². The number of carbonyl (C=O) groups excluding carboxylic acids is 1. The maximum absolute atomic E-state index is 13.8. The minimum absolute atomic E-state index is 0.114. The second-order valence-electron chi connectivity index (χ2n) is 6.90. The van der Waals surface area contributed by atoms with Crippen molar-refractivity contribution in [2.45, 2.75) is 19.4 Å². The molecule has 25 heavy (non-hydrogen) atoms. The van der Waals surface area contributed by atoms with Gasteiger partial charge in [-0.05, 0) is 31.0 Å². The number of nitrogens with one attached hydrogen (secondary N) is 1. The molecule has 1 aromatic carbocycles. The van der Waals surface area contributed by atoms with Gasteiger partial charge in [-0.15, -0.1) is 0 Å². The number of halogens is 1. The van der Waals surface area contributed by atoms with Crippen LogP contribution in [0.1, 0.15) is 12.0 Å². The molecule has 0 spiro atoms. The van der Waals surface area contributed by atoms with Gasteiger partial charge in [0.2, 0.25) is 5.91 Å². The lowest BCUT2D eigenvalue weighted by Crippen LogP contribution is -2.52. The molecule has 2 fully saturated rings. The SMILES string of the molecule is Cc1ccc(NC(=O)CN2CCN([C@@H]3CCS(=O)(=O)C3)CC2)c(F)c1. The van der Waals surface area contributed by atoms with Gasteiger partial charge in [-0.3, -0.25) is 14.6 Å². The summed E-state index contributed by atoms with van der Waals surface area (Å²) in [4.78, 5) is 16.4. The summed E-state index contributed by atoms with van der Waals surface area (Å²) < 4.78 is 37.0. The number of nitrogens with zero attached hydrogens (tertiary/aromatic N) is 2. The average molecular weight is 369 g/mol. The van der Waals surface area contributed by atoms with Gasteiger partial charge in [0, 0.05) is 32.2 Å². The van der Waals surface area contributed by atoms with Crippen molar-refractivity contribution in [2.24, 2.45) is 0 Å². The largest absolute Gasteiger partial charge is 0.322 e. The lowest BCUT2D eigenvalue weighted by atomic mass is 10.2. The Hall–Kier alpha value is -1.51. The second kappa shape index (κ2) is 7.39. The van der Waals surface area contributed by atoms with Crippen molar-refractivity contribution in [3.63, 3.8) is 0 Å². The molecule has 138 valence electrons. The van der Waals surface area contributed by atoms with E-state index in [1.807, 2.05) is 4.90 Å². The highest BCUT2D eigenvalue weighted by atomic mass is 32.2. The van der Waals surface area contributed by atoms with E-state index in [-0.39, 0.29) is 35.7 Å². The fraction of sp³-hybridized carbons (Fsp3) is 0.588. The molecule has 2 heterocycles. The minimum atomic E-state index is -2.87. The van der Waals surface area contributed by atoms with E-state index in [4.69, 9.17) is 0 Å². The Morgan fingerprint density at radius 2 is 2.00 bits per heavy atom. The molecule has 1 N–H and O–H groups in total. The predicted octanol–water partition coefficient (Wildman–Crippen LogP) is 0.877. The Balaban J connectivity index is 1.46. The number of benzene rings is 1. The van der Waals surface area contributed by atoms with Crippen LogP contribution in [-0.2, 0) is 14.6 Å². The summed E-state index contributed by atoms with van der Waals surface area (Å²) in [5.41, 5.74) is 1.01. The highest BCUT2D eigenvalue weighted by Gasteiger charge is 2.33. The highest BCUT2D eigenvalue weighted by molar-refractivity contribution is 7.91. The first-order chi connectivity index (χ1) is 11.8. The maximum atomic E-state index is 13.8. The van der Waals surface area contributed by atoms with E-state index >= 15 is 0 Å². The van der Waals surface area contributed by atoms with Crippen molar-refractivity contribution in [2.75, 3.05) is 49.5 Å². The first kappa shape index (κ1) is 18.3. The van der Waals surface area contributed by atoms with Crippen LogP contribution in [0.25, 0.3) is 0 Å². The second-order valence-corrected chi connectivity index (χ2v) is 9.13. The Kier molecular flexibility index (Phi) is 5.41. The molecule has 2 aliphatic rings. The molecule has 6 nitrogen and oxygen atoms in total. The minimum Gasteiger partial charge on any atom is -0.322 e. The van der Waals surface area contributed by atoms with E-state index in [1.54, 1.807) is 19.1 Å². The van der Waals surface area contributed by atoms with Crippen molar-refractivity contribution in [1.82, 2.24) is 9.80 Å². The summed E-state index contributed by atoms with van der Waals surface area (Å²) in [6.45, 7) is 4.94. The Morgan fingerprint density at radius 3 is 2.60 bits per heavy atom. The Bertz CT molecular complexity index is 746. The number of sulfone groups is 1. The average Bonchev–Trinajstić information content (AvgIpc) is 2.91. The van der Waals surface area contributed by atoms with E-state index in [0.717, 1.165) is 18.7 Å². The summed E-state index contributed by atoms with van der Waals surface area (Å²) in [5, 5.41) is 2.61. The third kappa shape index (κ3) is 4.77. The van der Waals surface area contributed by atoms with Gasteiger partial charge in [0.05, 0.1) is 23.7 Å². The fourth-order valence-corrected chi connectivity index (χ4v) is 5.23. The molecule has 2 aliphatic heterocycles. The van der Waals surface area contributed by atoms with Gasteiger partial charge in [-0.1, -0.05) is 6.07 Å².